The highest BCUT2D eigenvalue weighted by molar-refractivity contribution is 14.1. The van der Waals surface area contributed by atoms with Crippen molar-refractivity contribution in [2.24, 2.45) is 0 Å². The number of halogens is 1. The van der Waals surface area contributed by atoms with Gasteiger partial charge >= 0.3 is 0 Å². The van der Waals surface area contributed by atoms with Gasteiger partial charge in [-0.1, -0.05) is 12.8 Å². The van der Waals surface area contributed by atoms with Gasteiger partial charge in [0.15, 0.2) is 0 Å². The van der Waals surface area contributed by atoms with E-state index in [1.807, 2.05) is 16.3 Å². The summed E-state index contributed by atoms with van der Waals surface area (Å²) >= 11 is 3.81. The third kappa shape index (κ3) is 3.20. The second-order valence-corrected chi connectivity index (χ2v) is 7.13. The maximum Gasteiger partial charge on any atom is 0.255 e. The molecule has 1 fully saturated rings. The zero-order valence-electron chi connectivity index (χ0n) is 9.56. The first-order valence-electron chi connectivity index (χ1n) is 5.88. The number of carbonyl (C=O) groups is 1. The molecule has 1 aliphatic heterocycles. The number of aliphatic hydroxyl groups is 1. The van der Waals surface area contributed by atoms with E-state index in [0.29, 0.717) is 0 Å². The Morgan fingerprint density at radius 2 is 2.35 bits per heavy atom. The van der Waals surface area contributed by atoms with Gasteiger partial charge in [-0.2, -0.15) is 0 Å². The van der Waals surface area contributed by atoms with Crippen LogP contribution in [0.25, 0.3) is 0 Å². The van der Waals surface area contributed by atoms with Crippen LogP contribution in [-0.4, -0.2) is 35.1 Å². The lowest BCUT2D eigenvalue weighted by atomic mass is 10.1. The van der Waals surface area contributed by atoms with Crippen LogP contribution in [0.4, 0.5) is 0 Å². The van der Waals surface area contributed by atoms with Gasteiger partial charge in [0, 0.05) is 11.9 Å². The van der Waals surface area contributed by atoms with Crippen LogP contribution < -0.4 is 0 Å². The van der Waals surface area contributed by atoms with Crippen LogP contribution in [0.3, 0.4) is 0 Å². The van der Waals surface area contributed by atoms with Crippen LogP contribution in [0.5, 0.6) is 0 Å². The molecule has 2 heterocycles. The summed E-state index contributed by atoms with van der Waals surface area (Å²) in [6, 6.07) is 1.93. The van der Waals surface area contributed by atoms with Crippen molar-refractivity contribution in [2.75, 3.05) is 13.2 Å². The Kier molecular flexibility index (Phi) is 4.81. The molecule has 17 heavy (non-hydrogen) atoms. The lowest BCUT2D eigenvalue weighted by molar-refractivity contribution is 0.0600. The smallest absolute Gasteiger partial charge is 0.255 e. The van der Waals surface area contributed by atoms with Crippen molar-refractivity contribution >= 4 is 39.8 Å². The summed E-state index contributed by atoms with van der Waals surface area (Å²) in [4.78, 5) is 14.2. The van der Waals surface area contributed by atoms with Crippen LogP contribution in [0.1, 0.15) is 36.0 Å². The SMILES string of the molecule is O=C(c1csc(I)c1)N1CCCCCC1CO. The van der Waals surface area contributed by atoms with Crippen molar-refractivity contribution in [3.05, 3.63) is 19.9 Å². The van der Waals surface area contributed by atoms with E-state index in [4.69, 9.17) is 0 Å². The van der Waals surface area contributed by atoms with E-state index in [9.17, 15) is 9.90 Å². The molecule has 0 saturated carbocycles. The molecule has 5 heteroatoms. The minimum atomic E-state index is 0.00237. The molecule has 1 aliphatic rings. The Hall–Kier alpha value is -0.140. The van der Waals surface area contributed by atoms with E-state index in [0.717, 1.165) is 40.7 Å². The average Bonchev–Trinajstić information content (AvgIpc) is 2.64. The van der Waals surface area contributed by atoms with Gasteiger partial charge in [0.1, 0.15) is 0 Å². The van der Waals surface area contributed by atoms with Crippen molar-refractivity contribution in [3.8, 4) is 0 Å². The molecule has 1 aromatic heterocycles. The molecule has 3 nitrogen and oxygen atoms in total. The van der Waals surface area contributed by atoms with Crippen molar-refractivity contribution < 1.29 is 9.90 Å². The number of nitrogens with zero attached hydrogens (tertiary/aromatic N) is 1. The molecule has 94 valence electrons. The molecular formula is C12H16INO2S. The van der Waals surface area contributed by atoms with Gasteiger partial charge in [-0.25, -0.2) is 0 Å². The Balaban J connectivity index is 2.15. The van der Waals surface area contributed by atoms with Gasteiger partial charge in [-0.05, 0) is 41.5 Å². The number of amides is 1. The van der Waals surface area contributed by atoms with E-state index >= 15 is 0 Å². The first-order valence-corrected chi connectivity index (χ1v) is 7.84. The Labute approximate surface area is 119 Å². The monoisotopic (exact) mass is 365 g/mol. The van der Waals surface area contributed by atoms with Crippen molar-refractivity contribution in [1.82, 2.24) is 4.90 Å². The van der Waals surface area contributed by atoms with Crippen LogP contribution in [0.2, 0.25) is 0 Å². The second-order valence-electron chi connectivity index (χ2n) is 4.32. The Morgan fingerprint density at radius 3 is 3.00 bits per heavy atom. The standard InChI is InChI=1S/C12H16INO2S/c13-11-6-9(8-17-11)12(16)14-5-3-1-2-4-10(14)7-15/h6,8,10,15H,1-5,7H2. The Bertz CT molecular complexity index is 394. The number of carbonyl (C=O) groups excluding carboxylic acids is 1. The fourth-order valence-corrected chi connectivity index (χ4v) is 3.54. The van der Waals surface area contributed by atoms with Gasteiger partial charge in [0.05, 0.1) is 21.1 Å². The summed E-state index contributed by atoms with van der Waals surface area (Å²) in [6.07, 6.45) is 4.23. The summed E-state index contributed by atoms with van der Waals surface area (Å²) < 4.78 is 1.13. The van der Waals surface area contributed by atoms with E-state index in [1.165, 1.54) is 0 Å². The highest BCUT2D eigenvalue weighted by Gasteiger charge is 2.26. The highest BCUT2D eigenvalue weighted by Crippen LogP contribution is 2.22. The van der Waals surface area contributed by atoms with Crippen LogP contribution in [0.15, 0.2) is 11.4 Å². The summed E-state index contributed by atoms with van der Waals surface area (Å²) in [5.74, 6) is 0.0742. The summed E-state index contributed by atoms with van der Waals surface area (Å²) in [7, 11) is 0. The fraction of sp³-hybridized carbons (Fsp3) is 0.583. The number of thiophene rings is 1. The summed E-state index contributed by atoms with van der Waals surface area (Å²) in [5, 5.41) is 11.3. The predicted octanol–water partition coefficient (Wildman–Crippen LogP) is 2.73. The van der Waals surface area contributed by atoms with E-state index in [-0.39, 0.29) is 18.6 Å². The Morgan fingerprint density at radius 1 is 1.53 bits per heavy atom. The molecule has 0 aromatic carbocycles. The second kappa shape index (κ2) is 6.15. The van der Waals surface area contributed by atoms with Gasteiger partial charge in [-0.3, -0.25) is 4.79 Å². The molecule has 0 radical (unpaired) electrons. The first-order chi connectivity index (χ1) is 8.22. The molecule has 0 aliphatic carbocycles. The maximum absolute atomic E-state index is 12.4. The molecular weight excluding hydrogens is 349 g/mol. The predicted molar refractivity (Wildman–Crippen MR) is 77.4 cm³/mol. The average molecular weight is 365 g/mol. The number of rotatable bonds is 2. The summed E-state index contributed by atoms with van der Waals surface area (Å²) in [5.41, 5.74) is 0.764. The zero-order valence-corrected chi connectivity index (χ0v) is 12.5. The molecule has 1 unspecified atom stereocenters. The summed E-state index contributed by atoms with van der Waals surface area (Å²) in [6.45, 7) is 0.851. The van der Waals surface area contributed by atoms with Crippen molar-refractivity contribution in [1.29, 1.82) is 0 Å². The lowest BCUT2D eigenvalue weighted by Gasteiger charge is -2.28. The normalized spacial score (nSPS) is 21.3. The fourth-order valence-electron chi connectivity index (χ4n) is 2.22. The van der Waals surface area contributed by atoms with E-state index in [2.05, 4.69) is 22.6 Å². The van der Waals surface area contributed by atoms with E-state index < -0.39 is 0 Å². The minimum Gasteiger partial charge on any atom is -0.394 e. The highest BCUT2D eigenvalue weighted by atomic mass is 127. The molecule has 1 amide bonds. The third-order valence-corrected chi connectivity index (χ3v) is 4.95. The number of hydrogen-bond donors (Lipinski definition) is 1. The number of aliphatic hydroxyl groups excluding tert-OH is 1. The zero-order chi connectivity index (χ0) is 12.3. The van der Waals surface area contributed by atoms with Crippen LogP contribution >= 0.6 is 33.9 Å². The maximum atomic E-state index is 12.4. The van der Waals surface area contributed by atoms with Crippen LogP contribution in [-0.2, 0) is 0 Å². The number of hydrogen-bond acceptors (Lipinski definition) is 3. The van der Waals surface area contributed by atoms with Crippen molar-refractivity contribution in [3.63, 3.8) is 0 Å². The lowest BCUT2D eigenvalue weighted by Crippen LogP contribution is -2.41. The number of likely N-dealkylation sites (tertiary alicyclic amines) is 1. The first kappa shape index (κ1) is 13.3. The molecule has 1 atom stereocenters. The largest absolute Gasteiger partial charge is 0.394 e. The molecule has 1 saturated heterocycles. The molecule has 1 aromatic rings. The molecule has 0 spiro atoms. The molecule has 2 rings (SSSR count). The van der Waals surface area contributed by atoms with Crippen LogP contribution in [0, 0.1) is 2.88 Å². The molecule has 0 bridgehead atoms. The third-order valence-electron chi connectivity index (χ3n) is 3.16. The van der Waals surface area contributed by atoms with Gasteiger partial charge in [0.2, 0.25) is 0 Å². The van der Waals surface area contributed by atoms with Crippen molar-refractivity contribution in [2.45, 2.75) is 31.7 Å². The van der Waals surface area contributed by atoms with Gasteiger partial charge in [0.25, 0.3) is 5.91 Å². The minimum absolute atomic E-state index is 0.00237. The van der Waals surface area contributed by atoms with E-state index in [1.54, 1.807) is 11.3 Å². The van der Waals surface area contributed by atoms with Gasteiger partial charge < -0.3 is 10.0 Å². The quantitative estimate of drug-likeness (QED) is 0.819. The van der Waals surface area contributed by atoms with Gasteiger partial charge in [-0.15, -0.1) is 11.3 Å². The topological polar surface area (TPSA) is 40.5 Å². The molecule has 1 N–H and O–H groups in total.